The summed E-state index contributed by atoms with van der Waals surface area (Å²) < 4.78 is 2.28. The molecule has 0 bridgehead atoms. The molecule has 80 valence electrons. The van der Waals surface area contributed by atoms with Gasteiger partial charge in [-0.15, -0.1) is 22.7 Å². The molecular weight excluding hydrogens is 230 g/mol. The average Bonchev–Trinajstić information content (AvgIpc) is 2.72. The van der Waals surface area contributed by atoms with Crippen molar-refractivity contribution in [1.82, 2.24) is 5.32 Å². The fourth-order valence-corrected chi connectivity index (χ4v) is 3.23. The number of carbonyl (C=O) groups excluding carboxylic acids is 1. The summed E-state index contributed by atoms with van der Waals surface area (Å²) in [5.41, 5.74) is 0. The molecule has 15 heavy (non-hydrogen) atoms. The maximum absolute atomic E-state index is 11.6. The standard InChI is InChI=1S/C10H11NO2S2/c1-6(12)5-11-10(13)9-4-8-7(15-9)2-3-14-8/h2-4,6,12H,5H2,1H3,(H,11,13)/t6-/m1/s1. The molecule has 0 spiro atoms. The van der Waals surface area contributed by atoms with Crippen molar-refractivity contribution < 1.29 is 9.90 Å². The molecule has 5 heteroatoms. The molecule has 0 aliphatic rings. The second kappa shape index (κ2) is 4.30. The lowest BCUT2D eigenvalue weighted by Gasteiger charge is -2.04. The van der Waals surface area contributed by atoms with Crippen LogP contribution in [0.4, 0.5) is 0 Å². The minimum atomic E-state index is -0.505. The fraction of sp³-hybridized carbons (Fsp3) is 0.300. The van der Waals surface area contributed by atoms with Crippen molar-refractivity contribution in [3.63, 3.8) is 0 Å². The van der Waals surface area contributed by atoms with Crippen LogP contribution in [0, 0.1) is 0 Å². The van der Waals surface area contributed by atoms with E-state index < -0.39 is 6.10 Å². The lowest BCUT2D eigenvalue weighted by atomic mass is 10.4. The molecule has 0 aromatic carbocycles. The first-order valence-electron chi connectivity index (χ1n) is 4.60. The summed E-state index contributed by atoms with van der Waals surface area (Å²) in [6.45, 7) is 1.94. The number of hydrogen-bond acceptors (Lipinski definition) is 4. The van der Waals surface area contributed by atoms with Gasteiger partial charge in [0.1, 0.15) is 0 Å². The fourth-order valence-electron chi connectivity index (χ4n) is 1.21. The average molecular weight is 241 g/mol. The van der Waals surface area contributed by atoms with Crippen molar-refractivity contribution in [2.45, 2.75) is 13.0 Å². The first kappa shape index (κ1) is 10.6. The molecule has 0 saturated heterocycles. The number of carbonyl (C=O) groups is 1. The van der Waals surface area contributed by atoms with Gasteiger partial charge in [0.2, 0.25) is 0 Å². The number of nitrogens with one attached hydrogen (secondary N) is 1. The van der Waals surface area contributed by atoms with Gasteiger partial charge in [-0.3, -0.25) is 4.79 Å². The molecule has 1 amide bonds. The summed E-state index contributed by atoms with van der Waals surface area (Å²) in [5, 5.41) is 13.7. The Morgan fingerprint density at radius 1 is 1.60 bits per heavy atom. The Labute approximate surface area is 95.4 Å². The Kier molecular flexibility index (Phi) is 3.04. The van der Waals surface area contributed by atoms with Gasteiger partial charge in [0, 0.05) is 15.9 Å². The van der Waals surface area contributed by atoms with Crippen LogP contribution in [0.3, 0.4) is 0 Å². The summed E-state index contributed by atoms with van der Waals surface area (Å²) in [5.74, 6) is -0.107. The van der Waals surface area contributed by atoms with Crippen molar-refractivity contribution in [2.75, 3.05) is 6.54 Å². The van der Waals surface area contributed by atoms with Gasteiger partial charge in [-0.25, -0.2) is 0 Å². The number of amides is 1. The minimum Gasteiger partial charge on any atom is -0.392 e. The van der Waals surface area contributed by atoms with Crippen LogP contribution in [0.5, 0.6) is 0 Å². The molecule has 1 atom stereocenters. The van der Waals surface area contributed by atoms with E-state index in [0.29, 0.717) is 11.4 Å². The number of hydrogen-bond donors (Lipinski definition) is 2. The third-order valence-corrected chi connectivity index (χ3v) is 4.01. The van der Waals surface area contributed by atoms with Gasteiger partial charge >= 0.3 is 0 Å². The largest absolute Gasteiger partial charge is 0.392 e. The molecular formula is C10H11NO2S2. The first-order chi connectivity index (χ1) is 7.16. The zero-order valence-corrected chi connectivity index (χ0v) is 9.82. The number of aliphatic hydroxyl groups excluding tert-OH is 1. The molecule has 0 saturated carbocycles. The quantitative estimate of drug-likeness (QED) is 0.864. The van der Waals surface area contributed by atoms with Gasteiger partial charge in [0.25, 0.3) is 5.91 Å². The highest BCUT2D eigenvalue weighted by Crippen LogP contribution is 2.29. The van der Waals surface area contributed by atoms with E-state index in [1.807, 2.05) is 17.5 Å². The van der Waals surface area contributed by atoms with Crippen LogP contribution in [0.2, 0.25) is 0 Å². The van der Waals surface area contributed by atoms with E-state index >= 15 is 0 Å². The predicted molar refractivity (Wildman–Crippen MR) is 63.7 cm³/mol. The molecule has 0 aliphatic heterocycles. The maximum atomic E-state index is 11.6. The minimum absolute atomic E-state index is 0.107. The van der Waals surface area contributed by atoms with Crippen LogP contribution in [0.1, 0.15) is 16.6 Å². The summed E-state index contributed by atoms with van der Waals surface area (Å²) in [6.07, 6.45) is -0.505. The van der Waals surface area contributed by atoms with Crippen molar-refractivity contribution in [2.24, 2.45) is 0 Å². The van der Waals surface area contributed by atoms with E-state index in [9.17, 15) is 4.79 Å². The predicted octanol–water partition coefficient (Wildman–Crippen LogP) is 2.07. The molecule has 0 unspecified atom stereocenters. The van der Waals surface area contributed by atoms with Crippen LogP contribution in [-0.2, 0) is 0 Å². The second-order valence-electron chi connectivity index (χ2n) is 3.32. The van der Waals surface area contributed by atoms with E-state index in [0.717, 1.165) is 9.40 Å². The Hall–Kier alpha value is -0.910. The van der Waals surface area contributed by atoms with Gasteiger partial charge < -0.3 is 10.4 Å². The van der Waals surface area contributed by atoms with Gasteiger partial charge in [-0.2, -0.15) is 0 Å². The zero-order valence-electron chi connectivity index (χ0n) is 8.19. The van der Waals surface area contributed by atoms with Crippen LogP contribution < -0.4 is 5.32 Å². The summed E-state index contributed by atoms with van der Waals surface area (Å²) in [6, 6.07) is 3.90. The van der Waals surface area contributed by atoms with Gasteiger partial charge in [0.05, 0.1) is 11.0 Å². The molecule has 0 fully saturated rings. The molecule has 0 aliphatic carbocycles. The van der Waals surface area contributed by atoms with E-state index in [4.69, 9.17) is 5.11 Å². The summed E-state index contributed by atoms with van der Waals surface area (Å²) in [7, 11) is 0. The van der Waals surface area contributed by atoms with Crippen molar-refractivity contribution >= 4 is 38.0 Å². The highest BCUT2D eigenvalue weighted by molar-refractivity contribution is 7.27. The van der Waals surface area contributed by atoms with Crippen molar-refractivity contribution in [1.29, 1.82) is 0 Å². The Morgan fingerprint density at radius 3 is 3.07 bits per heavy atom. The lowest BCUT2D eigenvalue weighted by molar-refractivity contribution is 0.0928. The third-order valence-electron chi connectivity index (χ3n) is 1.92. The number of aliphatic hydroxyl groups is 1. The van der Waals surface area contributed by atoms with Gasteiger partial charge in [-0.1, -0.05) is 0 Å². The van der Waals surface area contributed by atoms with Crippen molar-refractivity contribution in [3.8, 4) is 0 Å². The van der Waals surface area contributed by atoms with Gasteiger partial charge in [-0.05, 0) is 24.4 Å². The van der Waals surface area contributed by atoms with E-state index in [1.165, 1.54) is 11.3 Å². The summed E-state index contributed by atoms with van der Waals surface area (Å²) >= 11 is 3.11. The Bertz CT molecular complexity index is 444. The number of fused-ring (bicyclic) bond motifs is 1. The van der Waals surface area contributed by atoms with Crippen LogP contribution >= 0.6 is 22.7 Å². The Balaban J connectivity index is 2.10. The molecule has 3 nitrogen and oxygen atoms in total. The SMILES string of the molecule is C[C@@H](O)CNC(=O)c1cc2sccc2s1. The maximum Gasteiger partial charge on any atom is 0.261 e. The molecule has 2 rings (SSSR count). The molecule has 0 radical (unpaired) electrons. The van der Waals surface area contributed by atoms with Gasteiger partial charge in [0.15, 0.2) is 0 Å². The zero-order chi connectivity index (χ0) is 10.8. The van der Waals surface area contributed by atoms with Crippen LogP contribution in [0.25, 0.3) is 9.40 Å². The molecule has 2 heterocycles. The second-order valence-corrected chi connectivity index (χ2v) is 5.35. The summed E-state index contributed by atoms with van der Waals surface area (Å²) in [4.78, 5) is 12.3. The molecule has 2 aromatic rings. The van der Waals surface area contributed by atoms with E-state index in [2.05, 4.69) is 5.32 Å². The highest BCUT2D eigenvalue weighted by atomic mass is 32.1. The smallest absolute Gasteiger partial charge is 0.261 e. The number of thiophene rings is 2. The van der Waals surface area contributed by atoms with E-state index in [-0.39, 0.29) is 5.91 Å². The third kappa shape index (κ3) is 2.37. The molecule has 2 N–H and O–H groups in total. The van der Waals surface area contributed by atoms with Crippen LogP contribution in [0.15, 0.2) is 17.5 Å². The van der Waals surface area contributed by atoms with Crippen molar-refractivity contribution in [3.05, 3.63) is 22.4 Å². The first-order valence-corrected chi connectivity index (χ1v) is 6.30. The Morgan fingerprint density at radius 2 is 2.40 bits per heavy atom. The van der Waals surface area contributed by atoms with E-state index in [1.54, 1.807) is 18.3 Å². The number of rotatable bonds is 3. The monoisotopic (exact) mass is 241 g/mol. The molecule has 2 aromatic heterocycles. The lowest BCUT2D eigenvalue weighted by Crippen LogP contribution is -2.29. The van der Waals surface area contributed by atoms with Crippen LogP contribution in [-0.4, -0.2) is 23.7 Å². The normalized spacial score (nSPS) is 12.9. The highest BCUT2D eigenvalue weighted by Gasteiger charge is 2.10. The topological polar surface area (TPSA) is 49.3 Å².